The zero-order chi connectivity index (χ0) is 15.4. The van der Waals surface area contributed by atoms with Crippen molar-refractivity contribution in [2.45, 2.75) is 0 Å². The first-order valence-electron chi connectivity index (χ1n) is 6.06. The van der Waals surface area contributed by atoms with E-state index >= 15 is 0 Å². The van der Waals surface area contributed by atoms with Crippen molar-refractivity contribution in [1.82, 2.24) is 0 Å². The number of carbonyl (C=O) groups excluding carboxylic acids is 1. The number of hydrogen-bond donors (Lipinski definition) is 2. The Balaban J connectivity index is 2.22. The number of thiocarbonyl (C=S) groups is 1. The number of hydrogen-bond acceptors (Lipinski definition) is 3. The fourth-order valence-electron chi connectivity index (χ4n) is 1.76. The molecule has 2 aromatic rings. The summed E-state index contributed by atoms with van der Waals surface area (Å²) in [5.74, 6) is -0.868. The quantitative estimate of drug-likeness (QED) is 0.853. The molecule has 0 aromatic heterocycles. The maximum Gasteiger partial charge on any atom is 0.258 e. The van der Waals surface area contributed by atoms with Crippen molar-refractivity contribution in [3.05, 3.63) is 59.4 Å². The molecule has 2 rings (SSSR count). The number of nitrogens with two attached hydrogens (primary N) is 1. The lowest BCUT2D eigenvalue weighted by atomic mass is 10.1. The van der Waals surface area contributed by atoms with E-state index in [0.29, 0.717) is 17.0 Å². The van der Waals surface area contributed by atoms with Crippen LogP contribution in [0.15, 0.2) is 42.5 Å². The van der Waals surface area contributed by atoms with Crippen LogP contribution in [-0.2, 0) is 0 Å². The highest BCUT2D eigenvalue weighted by atomic mass is 32.1. The fraction of sp³-hybridized carbons (Fsp3) is 0.0667. The van der Waals surface area contributed by atoms with Crippen molar-refractivity contribution < 1.29 is 13.9 Å². The third kappa shape index (κ3) is 3.55. The van der Waals surface area contributed by atoms with Crippen molar-refractivity contribution in [1.29, 1.82) is 0 Å². The van der Waals surface area contributed by atoms with E-state index in [1.165, 1.54) is 19.2 Å². The highest BCUT2D eigenvalue weighted by Crippen LogP contribution is 2.18. The zero-order valence-electron chi connectivity index (χ0n) is 11.2. The lowest BCUT2D eigenvalue weighted by Gasteiger charge is -2.08. The van der Waals surface area contributed by atoms with Gasteiger partial charge in [0, 0.05) is 17.3 Å². The summed E-state index contributed by atoms with van der Waals surface area (Å²) in [6, 6.07) is 10.8. The van der Waals surface area contributed by atoms with Crippen LogP contribution in [0.1, 0.15) is 15.9 Å². The summed E-state index contributed by atoms with van der Waals surface area (Å²) in [5, 5.41) is 2.60. The van der Waals surface area contributed by atoms with Crippen molar-refractivity contribution in [3.63, 3.8) is 0 Å². The average molecular weight is 304 g/mol. The molecule has 0 unspecified atom stereocenters. The van der Waals surface area contributed by atoms with Crippen LogP contribution >= 0.6 is 12.2 Å². The Bertz CT molecular complexity index is 704. The van der Waals surface area contributed by atoms with Crippen LogP contribution in [0.5, 0.6) is 5.75 Å². The molecule has 0 saturated heterocycles. The summed E-state index contributed by atoms with van der Waals surface area (Å²) in [6.45, 7) is 0. The first-order valence-corrected chi connectivity index (χ1v) is 6.47. The summed E-state index contributed by atoms with van der Waals surface area (Å²) in [6.07, 6.45) is 0. The number of carbonyl (C=O) groups is 1. The molecule has 6 heteroatoms. The Hall–Kier alpha value is -2.47. The topological polar surface area (TPSA) is 64.3 Å². The lowest BCUT2D eigenvalue weighted by molar-refractivity contribution is 0.102. The van der Waals surface area contributed by atoms with Crippen LogP contribution in [0.4, 0.5) is 10.1 Å². The summed E-state index contributed by atoms with van der Waals surface area (Å²) in [7, 11) is 1.43. The van der Waals surface area contributed by atoms with Gasteiger partial charge in [0.2, 0.25) is 0 Å². The van der Waals surface area contributed by atoms with Crippen molar-refractivity contribution in [2.75, 3.05) is 12.4 Å². The van der Waals surface area contributed by atoms with E-state index in [-0.39, 0.29) is 10.6 Å². The normalized spacial score (nSPS) is 10.0. The first kappa shape index (κ1) is 14.9. The molecule has 0 bridgehead atoms. The Labute approximate surface area is 126 Å². The van der Waals surface area contributed by atoms with E-state index < -0.39 is 11.7 Å². The molecule has 0 aliphatic rings. The SMILES string of the molecule is COc1ccc(C(=O)Nc2cccc(C(N)=S)c2)c(F)c1. The van der Waals surface area contributed by atoms with Crippen LogP contribution in [0, 0.1) is 5.82 Å². The van der Waals surface area contributed by atoms with Gasteiger partial charge in [0.05, 0.1) is 12.7 Å². The van der Waals surface area contributed by atoms with Gasteiger partial charge < -0.3 is 15.8 Å². The Kier molecular flexibility index (Phi) is 4.49. The Morgan fingerprint density at radius 1 is 1.29 bits per heavy atom. The van der Waals surface area contributed by atoms with Gasteiger partial charge in [-0.15, -0.1) is 0 Å². The Morgan fingerprint density at radius 3 is 2.67 bits per heavy atom. The molecule has 108 valence electrons. The minimum Gasteiger partial charge on any atom is -0.497 e. The maximum absolute atomic E-state index is 13.8. The maximum atomic E-state index is 13.8. The van der Waals surface area contributed by atoms with E-state index in [1.54, 1.807) is 24.3 Å². The molecule has 0 aliphatic carbocycles. The van der Waals surface area contributed by atoms with Gasteiger partial charge in [-0.1, -0.05) is 24.4 Å². The number of anilines is 1. The van der Waals surface area contributed by atoms with E-state index in [9.17, 15) is 9.18 Å². The molecule has 0 heterocycles. The number of benzene rings is 2. The number of methoxy groups -OCH3 is 1. The predicted molar refractivity (Wildman–Crippen MR) is 83.2 cm³/mol. The van der Waals surface area contributed by atoms with E-state index in [2.05, 4.69) is 5.32 Å². The van der Waals surface area contributed by atoms with Crippen molar-refractivity contribution in [2.24, 2.45) is 5.73 Å². The molecule has 1 amide bonds. The number of rotatable bonds is 4. The number of nitrogens with one attached hydrogen (secondary N) is 1. The predicted octanol–water partition coefficient (Wildman–Crippen LogP) is 2.72. The summed E-state index contributed by atoms with van der Waals surface area (Å²) in [5.41, 5.74) is 6.56. The molecule has 0 radical (unpaired) electrons. The van der Waals surface area contributed by atoms with Crippen molar-refractivity contribution >= 4 is 28.8 Å². The highest BCUT2D eigenvalue weighted by molar-refractivity contribution is 7.80. The Morgan fingerprint density at radius 2 is 2.05 bits per heavy atom. The van der Waals surface area contributed by atoms with Gasteiger partial charge >= 0.3 is 0 Å². The van der Waals surface area contributed by atoms with Crippen LogP contribution in [0.3, 0.4) is 0 Å². The monoisotopic (exact) mass is 304 g/mol. The smallest absolute Gasteiger partial charge is 0.258 e. The van der Waals surface area contributed by atoms with Crippen LogP contribution in [0.2, 0.25) is 0 Å². The van der Waals surface area contributed by atoms with Gasteiger partial charge in [0.1, 0.15) is 16.6 Å². The van der Waals surface area contributed by atoms with Crippen molar-refractivity contribution in [3.8, 4) is 5.75 Å². The molecule has 0 spiro atoms. The molecular formula is C15H13FN2O2S. The molecule has 0 saturated carbocycles. The van der Waals surface area contributed by atoms with Crippen LogP contribution in [-0.4, -0.2) is 18.0 Å². The zero-order valence-corrected chi connectivity index (χ0v) is 12.0. The molecule has 0 atom stereocenters. The second-order valence-electron chi connectivity index (χ2n) is 4.24. The number of ether oxygens (including phenoxy) is 1. The molecule has 0 aliphatic heterocycles. The van der Waals surface area contributed by atoms with E-state index in [4.69, 9.17) is 22.7 Å². The summed E-state index contributed by atoms with van der Waals surface area (Å²) in [4.78, 5) is 12.3. The van der Waals surface area contributed by atoms with Gasteiger partial charge in [0.15, 0.2) is 0 Å². The minimum absolute atomic E-state index is 0.0727. The van der Waals surface area contributed by atoms with Crippen LogP contribution < -0.4 is 15.8 Å². The molecule has 0 fully saturated rings. The molecular weight excluding hydrogens is 291 g/mol. The van der Waals surface area contributed by atoms with Gasteiger partial charge in [-0.05, 0) is 24.3 Å². The van der Waals surface area contributed by atoms with E-state index in [1.807, 2.05) is 0 Å². The van der Waals surface area contributed by atoms with Gasteiger partial charge in [-0.25, -0.2) is 4.39 Å². The summed E-state index contributed by atoms with van der Waals surface area (Å²) < 4.78 is 18.7. The fourth-order valence-corrected chi connectivity index (χ4v) is 1.88. The minimum atomic E-state index is -0.655. The molecule has 2 aromatic carbocycles. The van der Waals surface area contributed by atoms with Crippen LogP contribution in [0.25, 0.3) is 0 Å². The van der Waals surface area contributed by atoms with Gasteiger partial charge in [-0.3, -0.25) is 4.79 Å². The van der Waals surface area contributed by atoms with Gasteiger partial charge in [-0.2, -0.15) is 0 Å². The first-order chi connectivity index (χ1) is 10.0. The molecule has 4 nitrogen and oxygen atoms in total. The standard InChI is InChI=1S/C15H13FN2O2S/c1-20-11-5-6-12(13(16)8-11)15(19)18-10-4-2-3-9(7-10)14(17)21/h2-8H,1H3,(H2,17,21)(H,18,19). The third-order valence-electron chi connectivity index (χ3n) is 2.83. The second-order valence-corrected chi connectivity index (χ2v) is 4.68. The largest absolute Gasteiger partial charge is 0.497 e. The average Bonchev–Trinajstić information content (AvgIpc) is 2.47. The molecule has 21 heavy (non-hydrogen) atoms. The second kappa shape index (κ2) is 6.32. The number of halogens is 1. The summed E-state index contributed by atoms with van der Waals surface area (Å²) >= 11 is 4.87. The number of amides is 1. The highest BCUT2D eigenvalue weighted by Gasteiger charge is 2.13. The van der Waals surface area contributed by atoms with Gasteiger partial charge in [0.25, 0.3) is 5.91 Å². The molecule has 3 N–H and O–H groups in total. The van der Waals surface area contributed by atoms with E-state index in [0.717, 1.165) is 6.07 Å². The third-order valence-corrected chi connectivity index (χ3v) is 3.06. The lowest BCUT2D eigenvalue weighted by Crippen LogP contribution is -2.15.